The minimum atomic E-state index is -0.0789. The monoisotopic (exact) mass is 494 g/mol. The third kappa shape index (κ3) is 5.59. The summed E-state index contributed by atoms with van der Waals surface area (Å²) in [5.74, 6) is 1.54. The van der Waals surface area contributed by atoms with Crippen LogP contribution in [-0.2, 0) is 26.2 Å². The summed E-state index contributed by atoms with van der Waals surface area (Å²) in [4.78, 5) is 18.4. The molecule has 3 aromatic carbocycles. The van der Waals surface area contributed by atoms with Gasteiger partial charge in [0.25, 0.3) is 5.56 Å². The molecule has 0 spiro atoms. The molecule has 5 aromatic rings. The van der Waals surface area contributed by atoms with E-state index in [1.807, 2.05) is 60.1 Å². The molecule has 2 heterocycles. The number of fused-ring (bicyclic) bond motifs is 1. The Labute approximate surface area is 215 Å². The maximum atomic E-state index is 13.1. The van der Waals surface area contributed by atoms with E-state index in [2.05, 4.69) is 56.6 Å². The summed E-state index contributed by atoms with van der Waals surface area (Å²) < 4.78 is 7.13. The summed E-state index contributed by atoms with van der Waals surface area (Å²) >= 11 is 0. The van der Waals surface area contributed by atoms with E-state index in [4.69, 9.17) is 4.74 Å². The first kappa shape index (κ1) is 24.4. The second kappa shape index (κ2) is 10.8. The van der Waals surface area contributed by atoms with E-state index in [1.54, 1.807) is 7.11 Å². The number of pyridine rings is 1. The second-order valence-corrected chi connectivity index (χ2v) is 9.33. The number of benzene rings is 3. The fourth-order valence-corrected chi connectivity index (χ4v) is 4.50. The normalized spacial score (nSPS) is 11.4. The molecule has 0 saturated heterocycles. The molecule has 0 unspecified atom stereocenters. The molecular weight excluding hydrogens is 464 g/mol. The van der Waals surface area contributed by atoms with Crippen molar-refractivity contribution in [1.82, 2.24) is 30.1 Å². The van der Waals surface area contributed by atoms with Crippen molar-refractivity contribution in [1.29, 1.82) is 0 Å². The number of tetrazole rings is 1. The number of ether oxygens (including phenoxy) is 1. The van der Waals surface area contributed by atoms with Crippen LogP contribution in [-0.4, -0.2) is 37.2 Å². The Bertz CT molecular complexity index is 1560. The number of nitrogens with zero attached hydrogens (tertiary/aromatic N) is 5. The lowest BCUT2D eigenvalue weighted by molar-refractivity contribution is 0.236. The first-order valence-corrected chi connectivity index (χ1v) is 12.3. The molecule has 2 aromatic heterocycles. The molecule has 0 bridgehead atoms. The molecule has 0 aliphatic rings. The van der Waals surface area contributed by atoms with Crippen LogP contribution in [0.3, 0.4) is 0 Å². The third-order valence-corrected chi connectivity index (χ3v) is 6.73. The molecule has 8 heteroatoms. The third-order valence-electron chi connectivity index (χ3n) is 6.73. The Balaban J connectivity index is 1.45. The van der Waals surface area contributed by atoms with Crippen molar-refractivity contribution in [2.45, 2.75) is 40.0 Å². The van der Waals surface area contributed by atoms with Crippen LogP contribution in [0.15, 0.2) is 77.6 Å². The van der Waals surface area contributed by atoms with Gasteiger partial charge in [0.15, 0.2) is 5.82 Å². The first-order valence-electron chi connectivity index (χ1n) is 12.3. The van der Waals surface area contributed by atoms with E-state index < -0.39 is 0 Å². The first-order chi connectivity index (χ1) is 18.0. The largest absolute Gasteiger partial charge is 0.497 e. The summed E-state index contributed by atoms with van der Waals surface area (Å²) in [6.07, 6.45) is 0. The molecule has 1 N–H and O–H groups in total. The molecular formula is C29H30N6O2. The number of methoxy groups -OCH3 is 1. The van der Waals surface area contributed by atoms with Gasteiger partial charge in [0.05, 0.1) is 25.7 Å². The van der Waals surface area contributed by atoms with Gasteiger partial charge in [-0.3, -0.25) is 9.69 Å². The van der Waals surface area contributed by atoms with E-state index >= 15 is 0 Å². The average molecular weight is 495 g/mol. The molecule has 8 nitrogen and oxygen atoms in total. The number of rotatable bonds is 9. The summed E-state index contributed by atoms with van der Waals surface area (Å²) in [7, 11) is 1.66. The predicted octanol–water partition coefficient (Wildman–Crippen LogP) is 4.39. The van der Waals surface area contributed by atoms with Gasteiger partial charge >= 0.3 is 0 Å². The lowest BCUT2D eigenvalue weighted by Gasteiger charge is -2.22. The Morgan fingerprint density at radius 1 is 0.919 bits per heavy atom. The lowest BCUT2D eigenvalue weighted by Crippen LogP contribution is -2.28. The van der Waals surface area contributed by atoms with Gasteiger partial charge in [-0.15, -0.1) is 5.10 Å². The Morgan fingerprint density at radius 2 is 1.70 bits per heavy atom. The van der Waals surface area contributed by atoms with Crippen LogP contribution in [0.4, 0.5) is 0 Å². The summed E-state index contributed by atoms with van der Waals surface area (Å²) in [6.45, 7) is 6.22. The van der Waals surface area contributed by atoms with Crippen LogP contribution in [0.25, 0.3) is 10.9 Å². The van der Waals surface area contributed by atoms with E-state index in [9.17, 15) is 4.79 Å². The number of aromatic amines is 1. The molecule has 0 aliphatic carbocycles. The van der Waals surface area contributed by atoms with Gasteiger partial charge < -0.3 is 9.72 Å². The predicted molar refractivity (Wildman–Crippen MR) is 143 cm³/mol. The zero-order chi connectivity index (χ0) is 25.8. The maximum Gasteiger partial charge on any atom is 0.252 e. The SMILES string of the molecule is COc1ccc(CN(Cc2cc3ccc(C)c(C)c3[nH]c2=O)Cc2nnnn2Cc2ccccc2)cc1. The second-order valence-electron chi connectivity index (χ2n) is 9.33. The van der Waals surface area contributed by atoms with E-state index in [-0.39, 0.29) is 5.56 Å². The van der Waals surface area contributed by atoms with Gasteiger partial charge in [-0.05, 0) is 70.1 Å². The minimum Gasteiger partial charge on any atom is -0.497 e. The number of hydrogen-bond donors (Lipinski definition) is 1. The lowest BCUT2D eigenvalue weighted by atomic mass is 10.0. The van der Waals surface area contributed by atoms with Crippen molar-refractivity contribution < 1.29 is 4.74 Å². The van der Waals surface area contributed by atoms with E-state index in [0.717, 1.165) is 44.7 Å². The van der Waals surface area contributed by atoms with Gasteiger partial charge in [0.2, 0.25) is 0 Å². The highest BCUT2D eigenvalue weighted by Crippen LogP contribution is 2.21. The number of hydrogen-bond acceptors (Lipinski definition) is 6. The van der Waals surface area contributed by atoms with Crippen LogP contribution in [0.5, 0.6) is 5.75 Å². The van der Waals surface area contributed by atoms with Gasteiger partial charge in [0.1, 0.15) is 5.75 Å². The maximum absolute atomic E-state index is 13.1. The topological polar surface area (TPSA) is 88.9 Å². The van der Waals surface area contributed by atoms with E-state index in [1.165, 1.54) is 0 Å². The van der Waals surface area contributed by atoms with Crippen LogP contribution >= 0.6 is 0 Å². The minimum absolute atomic E-state index is 0.0789. The van der Waals surface area contributed by atoms with Gasteiger partial charge in [0, 0.05) is 18.7 Å². The smallest absolute Gasteiger partial charge is 0.252 e. The molecule has 0 atom stereocenters. The fourth-order valence-electron chi connectivity index (χ4n) is 4.50. The van der Waals surface area contributed by atoms with Gasteiger partial charge in [-0.1, -0.05) is 54.6 Å². The van der Waals surface area contributed by atoms with Crippen molar-refractivity contribution in [2.75, 3.05) is 7.11 Å². The molecule has 0 amide bonds. The average Bonchev–Trinajstić information content (AvgIpc) is 3.34. The fraction of sp³-hybridized carbons (Fsp3) is 0.241. The van der Waals surface area contributed by atoms with Crippen molar-refractivity contribution in [3.8, 4) is 5.75 Å². The van der Waals surface area contributed by atoms with Crippen molar-refractivity contribution in [2.24, 2.45) is 0 Å². The highest BCUT2D eigenvalue weighted by atomic mass is 16.5. The zero-order valence-electron chi connectivity index (χ0n) is 21.3. The molecule has 0 aliphatic heterocycles. The Hall–Kier alpha value is -4.30. The standard InChI is InChI=1S/C29H30N6O2/c1-20-9-12-24-15-25(29(36)30-28(24)21(20)2)18-34(16-23-10-13-26(37-3)14-11-23)19-27-31-32-33-35(27)17-22-7-5-4-6-8-22/h4-15H,16-19H2,1-3H3,(H,30,36). The molecule has 0 saturated carbocycles. The van der Waals surface area contributed by atoms with Crippen LogP contribution < -0.4 is 10.3 Å². The quantitative estimate of drug-likeness (QED) is 0.327. The number of H-pyrrole nitrogens is 1. The van der Waals surface area contributed by atoms with E-state index in [0.29, 0.717) is 31.7 Å². The summed E-state index contributed by atoms with van der Waals surface area (Å²) in [5, 5.41) is 13.5. The molecule has 5 rings (SSSR count). The number of aromatic nitrogens is 5. The molecule has 37 heavy (non-hydrogen) atoms. The van der Waals surface area contributed by atoms with Crippen LogP contribution in [0.1, 0.15) is 33.6 Å². The molecule has 0 radical (unpaired) electrons. The Kier molecular flexibility index (Phi) is 7.09. The van der Waals surface area contributed by atoms with Gasteiger partial charge in [-0.25, -0.2) is 4.68 Å². The molecule has 188 valence electrons. The highest BCUT2D eigenvalue weighted by Gasteiger charge is 2.17. The van der Waals surface area contributed by atoms with Crippen LogP contribution in [0, 0.1) is 13.8 Å². The zero-order valence-corrected chi connectivity index (χ0v) is 21.3. The van der Waals surface area contributed by atoms with Crippen molar-refractivity contribution in [3.05, 3.63) is 117 Å². The molecule has 0 fully saturated rings. The summed E-state index contributed by atoms with van der Waals surface area (Å²) in [5.41, 5.74) is 5.98. The number of nitrogens with one attached hydrogen (secondary N) is 1. The van der Waals surface area contributed by atoms with Gasteiger partial charge in [-0.2, -0.15) is 0 Å². The van der Waals surface area contributed by atoms with Crippen molar-refractivity contribution in [3.63, 3.8) is 0 Å². The summed E-state index contributed by atoms with van der Waals surface area (Å²) in [6, 6.07) is 24.2. The Morgan fingerprint density at radius 3 is 2.46 bits per heavy atom. The highest BCUT2D eigenvalue weighted by molar-refractivity contribution is 5.83. The van der Waals surface area contributed by atoms with Crippen LogP contribution in [0.2, 0.25) is 0 Å². The van der Waals surface area contributed by atoms with Crippen molar-refractivity contribution >= 4 is 10.9 Å². The number of aryl methyl sites for hydroxylation is 2.